The van der Waals surface area contributed by atoms with Crippen molar-refractivity contribution in [1.82, 2.24) is 5.32 Å². The normalized spacial score (nSPS) is 11.1. The highest BCUT2D eigenvalue weighted by molar-refractivity contribution is 5.72. The van der Waals surface area contributed by atoms with Gasteiger partial charge in [-0.15, -0.1) is 0 Å². The molecule has 1 N–H and O–H groups in total. The summed E-state index contributed by atoms with van der Waals surface area (Å²) in [7, 11) is 0. The summed E-state index contributed by atoms with van der Waals surface area (Å²) in [5, 5.41) is 2.75. The Morgan fingerprint density at radius 2 is 2.00 bits per heavy atom. The zero-order valence-corrected chi connectivity index (χ0v) is 6.62. The van der Waals surface area contributed by atoms with Crippen LogP contribution in [0.15, 0.2) is 0 Å². The Hall–Kier alpha value is -0.530. The zero-order valence-electron chi connectivity index (χ0n) is 6.62. The second kappa shape index (κ2) is 2.85. The van der Waals surface area contributed by atoms with Crippen molar-refractivity contribution in [1.29, 1.82) is 0 Å². The summed E-state index contributed by atoms with van der Waals surface area (Å²) in [5.74, 6) is 0.0462. The van der Waals surface area contributed by atoms with Crippen LogP contribution in [0, 0.1) is 5.41 Å². The molecule has 0 heterocycles. The van der Waals surface area contributed by atoms with Crippen LogP contribution in [-0.4, -0.2) is 12.5 Å². The third-order valence-electron chi connectivity index (χ3n) is 0.868. The second-order valence-corrected chi connectivity index (χ2v) is 3.47. The van der Waals surface area contributed by atoms with Gasteiger partial charge in [-0.3, -0.25) is 4.79 Å². The highest BCUT2D eigenvalue weighted by Gasteiger charge is 2.09. The second-order valence-electron chi connectivity index (χ2n) is 3.47. The Morgan fingerprint density at radius 1 is 1.56 bits per heavy atom. The van der Waals surface area contributed by atoms with Gasteiger partial charge < -0.3 is 5.32 Å². The zero-order chi connectivity index (χ0) is 7.49. The van der Waals surface area contributed by atoms with Gasteiger partial charge in [0.25, 0.3) is 0 Å². The van der Waals surface area contributed by atoms with Crippen LogP contribution in [0.5, 0.6) is 0 Å². The molecule has 9 heavy (non-hydrogen) atoms. The molecule has 0 bridgehead atoms. The van der Waals surface area contributed by atoms with E-state index in [-0.39, 0.29) is 12.7 Å². The molecule has 0 saturated heterocycles. The van der Waals surface area contributed by atoms with Crippen LogP contribution >= 0.6 is 0 Å². The van der Waals surface area contributed by atoms with Gasteiger partial charge in [-0.1, -0.05) is 20.8 Å². The van der Waals surface area contributed by atoms with Crippen LogP contribution in [0.4, 0.5) is 0 Å². The molecule has 0 atom stereocenters. The molecular weight excluding hydrogens is 114 g/mol. The van der Waals surface area contributed by atoms with Crippen molar-refractivity contribution in [3.05, 3.63) is 0 Å². The summed E-state index contributed by atoms with van der Waals surface area (Å²) in [5.41, 5.74) is 0.200. The third kappa shape index (κ3) is 7.47. The van der Waals surface area contributed by atoms with Gasteiger partial charge >= 0.3 is 0 Å². The minimum absolute atomic E-state index is 0. The van der Waals surface area contributed by atoms with Crippen LogP contribution in [0.2, 0.25) is 0 Å². The standard InChI is InChI=1S/C7H15NO.H2/c1-6(9)8-5-7(2,3)4;/h5H2,1-4H3,(H,8,9);1H. The number of amides is 1. The van der Waals surface area contributed by atoms with Gasteiger partial charge in [0, 0.05) is 14.9 Å². The Morgan fingerprint density at radius 3 is 2.11 bits per heavy atom. The number of hydrogen-bond donors (Lipinski definition) is 1. The van der Waals surface area contributed by atoms with Crippen molar-refractivity contribution in [3.8, 4) is 0 Å². The van der Waals surface area contributed by atoms with Gasteiger partial charge in [0.05, 0.1) is 0 Å². The molecule has 0 radical (unpaired) electrons. The molecule has 0 aromatic carbocycles. The Labute approximate surface area is 58.1 Å². The summed E-state index contributed by atoms with van der Waals surface area (Å²) in [6, 6.07) is 0. The van der Waals surface area contributed by atoms with Crippen molar-refractivity contribution in [2.75, 3.05) is 6.54 Å². The minimum atomic E-state index is 0. The molecule has 56 valence electrons. The highest BCUT2D eigenvalue weighted by Crippen LogP contribution is 2.09. The van der Waals surface area contributed by atoms with Crippen molar-refractivity contribution >= 4 is 5.91 Å². The summed E-state index contributed by atoms with van der Waals surface area (Å²) in [4.78, 5) is 10.4. The average molecular weight is 131 g/mol. The van der Waals surface area contributed by atoms with Gasteiger partial charge in [0.2, 0.25) is 5.91 Å². The maximum absolute atomic E-state index is 10.4. The molecule has 0 aromatic heterocycles. The van der Waals surface area contributed by atoms with Crippen LogP contribution in [-0.2, 0) is 4.79 Å². The lowest BCUT2D eigenvalue weighted by Crippen LogP contribution is -2.30. The maximum atomic E-state index is 10.4. The maximum Gasteiger partial charge on any atom is 0.216 e. The minimum Gasteiger partial charge on any atom is -0.356 e. The lowest BCUT2D eigenvalue weighted by molar-refractivity contribution is -0.119. The lowest BCUT2D eigenvalue weighted by Gasteiger charge is -2.17. The van der Waals surface area contributed by atoms with E-state index in [0.717, 1.165) is 6.54 Å². The molecule has 2 heteroatoms. The van der Waals surface area contributed by atoms with Gasteiger partial charge in [-0.2, -0.15) is 0 Å². The molecule has 0 aliphatic rings. The lowest BCUT2D eigenvalue weighted by atomic mass is 9.97. The van der Waals surface area contributed by atoms with Crippen molar-refractivity contribution < 1.29 is 6.22 Å². The fraction of sp³-hybridized carbons (Fsp3) is 0.857. The van der Waals surface area contributed by atoms with E-state index >= 15 is 0 Å². The summed E-state index contributed by atoms with van der Waals surface area (Å²) in [6.07, 6.45) is 0. The Balaban J connectivity index is 0. The molecular formula is C7H17NO. The van der Waals surface area contributed by atoms with Crippen molar-refractivity contribution in [2.45, 2.75) is 27.7 Å². The molecule has 0 fully saturated rings. The fourth-order valence-electron chi connectivity index (χ4n) is 0.390. The molecule has 0 unspecified atom stereocenters. The summed E-state index contributed by atoms with van der Waals surface area (Å²) >= 11 is 0. The number of nitrogens with one attached hydrogen (secondary N) is 1. The first-order chi connectivity index (χ1) is 3.92. The van der Waals surface area contributed by atoms with E-state index in [1.807, 2.05) is 0 Å². The largest absolute Gasteiger partial charge is 0.356 e. The summed E-state index contributed by atoms with van der Waals surface area (Å²) in [6.45, 7) is 8.54. The molecule has 0 aromatic rings. The van der Waals surface area contributed by atoms with E-state index < -0.39 is 0 Å². The highest BCUT2D eigenvalue weighted by atomic mass is 16.1. The number of rotatable bonds is 1. The van der Waals surface area contributed by atoms with Crippen LogP contribution in [0.25, 0.3) is 0 Å². The molecule has 0 rings (SSSR count). The first-order valence-corrected chi connectivity index (χ1v) is 3.16. The predicted molar refractivity (Wildman–Crippen MR) is 40.3 cm³/mol. The van der Waals surface area contributed by atoms with Crippen LogP contribution in [0.1, 0.15) is 29.1 Å². The average Bonchev–Trinajstić information content (AvgIpc) is 1.59. The third-order valence-corrected chi connectivity index (χ3v) is 0.868. The Bertz CT molecular complexity index is 107. The van der Waals surface area contributed by atoms with Gasteiger partial charge in [0.1, 0.15) is 0 Å². The monoisotopic (exact) mass is 131 g/mol. The van der Waals surface area contributed by atoms with E-state index in [1.54, 1.807) is 0 Å². The van der Waals surface area contributed by atoms with Gasteiger partial charge in [-0.05, 0) is 5.41 Å². The number of carbonyl (C=O) groups is 1. The molecule has 0 saturated carbocycles. The first-order valence-electron chi connectivity index (χ1n) is 3.16. The number of hydrogen-bond acceptors (Lipinski definition) is 1. The topological polar surface area (TPSA) is 29.1 Å². The van der Waals surface area contributed by atoms with E-state index in [1.165, 1.54) is 6.92 Å². The van der Waals surface area contributed by atoms with Gasteiger partial charge in [-0.25, -0.2) is 0 Å². The van der Waals surface area contributed by atoms with Crippen LogP contribution in [0.3, 0.4) is 0 Å². The number of carbonyl (C=O) groups excluding carboxylic acids is 1. The van der Waals surface area contributed by atoms with E-state index in [0.29, 0.717) is 0 Å². The van der Waals surface area contributed by atoms with E-state index in [4.69, 9.17) is 0 Å². The molecule has 1 amide bonds. The van der Waals surface area contributed by atoms with Crippen LogP contribution < -0.4 is 5.32 Å². The first kappa shape index (κ1) is 8.47. The Kier molecular flexibility index (Phi) is 2.68. The summed E-state index contributed by atoms with van der Waals surface area (Å²) < 4.78 is 0. The molecule has 2 nitrogen and oxygen atoms in total. The molecule has 0 aliphatic carbocycles. The van der Waals surface area contributed by atoms with E-state index in [9.17, 15) is 4.79 Å². The van der Waals surface area contributed by atoms with Crippen molar-refractivity contribution in [3.63, 3.8) is 0 Å². The SMILES string of the molecule is CC(=O)NCC(C)(C)C.[HH]. The van der Waals surface area contributed by atoms with Crippen molar-refractivity contribution in [2.24, 2.45) is 5.41 Å². The predicted octanol–water partition coefficient (Wildman–Crippen LogP) is 1.41. The van der Waals surface area contributed by atoms with Gasteiger partial charge in [0.15, 0.2) is 0 Å². The molecule has 0 aliphatic heterocycles. The molecule has 0 spiro atoms. The van der Waals surface area contributed by atoms with E-state index in [2.05, 4.69) is 26.1 Å². The smallest absolute Gasteiger partial charge is 0.216 e. The fourth-order valence-corrected chi connectivity index (χ4v) is 0.390. The quantitative estimate of drug-likeness (QED) is 0.573.